The Bertz CT molecular complexity index is 344. The van der Waals surface area contributed by atoms with Gasteiger partial charge in [0.25, 0.3) is 0 Å². The fourth-order valence-electron chi connectivity index (χ4n) is 0.635. The van der Waals surface area contributed by atoms with E-state index in [9.17, 15) is 4.79 Å². The number of hydrogen-bond acceptors (Lipinski definition) is 3. The molecule has 0 aromatic heterocycles. The van der Waals surface area contributed by atoms with Crippen molar-refractivity contribution in [2.45, 2.75) is 19.4 Å². The zero-order chi connectivity index (χ0) is 12.8. The molecule has 0 spiro atoms. The maximum absolute atomic E-state index is 10.4. The van der Waals surface area contributed by atoms with E-state index in [2.05, 4.69) is 15.9 Å². The van der Waals surface area contributed by atoms with Crippen molar-refractivity contribution in [2.24, 2.45) is 0 Å². The van der Waals surface area contributed by atoms with Crippen molar-refractivity contribution < 1.29 is 20.1 Å². The molecule has 0 bridgehead atoms. The van der Waals surface area contributed by atoms with E-state index in [1.807, 2.05) is 0 Å². The number of aliphatic hydroxyl groups excluding tert-OH is 1. The standard InChI is InChI=1S/C7H5BrO2.C4H10O2/c8-6-4-2-1-3-5(6)7(9)10;1-4(2,6)3-5/h1-4H,(H,9,10);5-6H,3H2,1-2H3. The fraction of sp³-hybridized carbons (Fsp3) is 0.364. The van der Waals surface area contributed by atoms with E-state index in [-0.39, 0.29) is 6.61 Å². The molecule has 1 rings (SSSR count). The lowest BCUT2D eigenvalue weighted by molar-refractivity contribution is 0.0183. The summed E-state index contributed by atoms with van der Waals surface area (Å²) in [5.74, 6) is -0.910. The highest BCUT2D eigenvalue weighted by atomic mass is 79.9. The first-order valence-corrected chi connectivity index (χ1v) is 5.38. The lowest BCUT2D eigenvalue weighted by Crippen LogP contribution is -2.23. The quantitative estimate of drug-likeness (QED) is 0.777. The van der Waals surface area contributed by atoms with Gasteiger partial charge in [-0.2, -0.15) is 0 Å². The second-order valence-corrected chi connectivity index (χ2v) is 4.61. The number of carbonyl (C=O) groups is 1. The van der Waals surface area contributed by atoms with Crippen LogP contribution in [0.1, 0.15) is 24.2 Å². The van der Waals surface area contributed by atoms with Gasteiger partial charge in [-0.25, -0.2) is 4.79 Å². The van der Waals surface area contributed by atoms with Crippen molar-refractivity contribution in [2.75, 3.05) is 6.61 Å². The Hall–Kier alpha value is -0.910. The Morgan fingerprint density at radius 1 is 1.38 bits per heavy atom. The first-order valence-electron chi connectivity index (χ1n) is 4.59. The van der Waals surface area contributed by atoms with E-state index >= 15 is 0 Å². The molecule has 0 radical (unpaired) electrons. The number of carboxylic acids is 1. The summed E-state index contributed by atoms with van der Waals surface area (Å²) in [7, 11) is 0. The zero-order valence-electron chi connectivity index (χ0n) is 9.14. The maximum atomic E-state index is 10.4. The largest absolute Gasteiger partial charge is 0.478 e. The van der Waals surface area contributed by atoms with E-state index in [4.69, 9.17) is 15.3 Å². The number of aromatic carboxylic acids is 1. The summed E-state index contributed by atoms with van der Waals surface area (Å²) >= 11 is 3.12. The van der Waals surface area contributed by atoms with Gasteiger partial charge in [0.05, 0.1) is 17.8 Å². The van der Waals surface area contributed by atoms with Crippen LogP contribution in [-0.4, -0.2) is 33.5 Å². The number of carboxylic acid groups (broad SMARTS) is 1. The Morgan fingerprint density at radius 3 is 2.06 bits per heavy atom. The van der Waals surface area contributed by atoms with Crippen LogP contribution in [0.4, 0.5) is 0 Å². The average Bonchev–Trinajstić information content (AvgIpc) is 2.18. The van der Waals surface area contributed by atoms with Gasteiger partial charge < -0.3 is 15.3 Å². The van der Waals surface area contributed by atoms with Crippen molar-refractivity contribution in [1.29, 1.82) is 0 Å². The minimum atomic E-state index is -0.910. The molecule has 1 aromatic rings. The summed E-state index contributed by atoms with van der Waals surface area (Å²) in [6, 6.07) is 6.71. The number of benzene rings is 1. The average molecular weight is 291 g/mol. The van der Waals surface area contributed by atoms with Crippen LogP contribution in [0.25, 0.3) is 0 Å². The van der Waals surface area contributed by atoms with Crippen LogP contribution < -0.4 is 0 Å². The van der Waals surface area contributed by atoms with Gasteiger partial charge in [0.2, 0.25) is 0 Å². The van der Waals surface area contributed by atoms with E-state index < -0.39 is 11.6 Å². The number of halogens is 1. The molecule has 1 aromatic carbocycles. The highest BCUT2D eigenvalue weighted by molar-refractivity contribution is 9.10. The number of rotatable bonds is 2. The smallest absolute Gasteiger partial charge is 0.336 e. The predicted molar refractivity (Wildman–Crippen MR) is 64.5 cm³/mol. The molecule has 16 heavy (non-hydrogen) atoms. The minimum Gasteiger partial charge on any atom is -0.478 e. The summed E-state index contributed by atoms with van der Waals surface area (Å²) in [6.07, 6.45) is 0. The molecule has 0 aliphatic rings. The molecular weight excluding hydrogens is 276 g/mol. The summed E-state index contributed by atoms with van der Waals surface area (Å²) in [6.45, 7) is 2.92. The van der Waals surface area contributed by atoms with Gasteiger partial charge >= 0.3 is 5.97 Å². The van der Waals surface area contributed by atoms with Crippen molar-refractivity contribution in [3.63, 3.8) is 0 Å². The summed E-state index contributed by atoms with van der Waals surface area (Å²) in [5.41, 5.74) is -0.609. The molecule has 0 atom stereocenters. The van der Waals surface area contributed by atoms with E-state index in [0.717, 1.165) is 0 Å². The monoisotopic (exact) mass is 290 g/mol. The number of hydrogen-bond donors (Lipinski definition) is 3. The van der Waals surface area contributed by atoms with Gasteiger partial charge in [-0.1, -0.05) is 12.1 Å². The molecule has 5 heteroatoms. The molecule has 0 amide bonds. The molecule has 0 unspecified atom stereocenters. The molecule has 0 fully saturated rings. The van der Waals surface area contributed by atoms with Crippen LogP contribution in [0.3, 0.4) is 0 Å². The summed E-state index contributed by atoms with van der Waals surface area (Å²) in [4.78, 5) is 10.4. The molecule has 0 aliphatic heterocycles. The molecule has 0 saturated carbocycles. The lowest BCUT2D eigenvalue weighted by Gasteiger charge is -2.10. The third-order valence-electron chi connectivity index (χ3n) is 1.49. The third kappa shape index (κ3) is 6.55. The first kappa shape index (κ1) is 15.1. The van der Waals surface area contributed by atoms with Crippen LogP contribution >= 0.6 is 15.9 Å². The van der Waals surface area contributed by atoms with Crippen molar-refractivity contribution in [3.8, 4) is 0 Å². The summed E-state index contributed by atoms with van der Waals surface area (Å²) in [5, 5.41) is 25.3. The highest BCUT2D eigenvalue weighted by Gasteiger charge is 2.07. The molecule has 0 aliphatic carbocycles. The van der Waals surface area contributed by atoms with Crippen LogP contribution in [0.5, 0.6) is 0 Å². The Morgan fingerprint density at radius 2 is 1.81 bits per heavy atom. The topological polar surface area (TPSA) is 77.8 Å². The highest BCUT2D eigenvalue weighted by Crippen LogP contribution is 2.14. The third-order valence-corrected chi connectivity index (χ3v) is 2.18. The Kier molecular flexibility index (Phi) is 6.25. The summed E-state index contributed by atoms with van der Waals surface area (Å²) < 4.78 is 0.613. The molecule has 0 heterocycles. The van der Waals surface area contributed by atoms with Crippen molar-refractivity contribution >= 4 is 21.9 Å². The van der Waals surface area contributed by atoms with Crippen LogP contribution in [0.2, 0.25) is 0 Å². The Labute approximate surface area is 103 Å². The molecular formula is C11H15BrO4. The zero-order valence-corrected chi connectivity index (χ0v) is 10.7. The second kappa shape index (κ2) is 6.62. The second-order valence-electron chi connectivity index (χ2n) is 3.76. The Balaban J connectivity index is 0.000000325. The fourth-order valence-corrected chi connectivity index (χ4v) is 1.09. The molecule has 0 saturated heterocycles. The van der Waals surface area contributed by atoms with Crippen LogP contribution in [0, 0.1) is 0 Å². The van der Waals surface area contributed by atoms with Gasteiger partial charge in [0, 0.05) is 4.47 Å². The van der Waals surface area contributed by atoms with Crippen molar-refractivity contribution in [1.82, 2.24) is 0 Å². The van der Waals surface area contributed by atoms with E-state index in [1.165, 1.54) is 0 Å². The molecule has 4 nitrogen and oxygen atoms in total. The van der Waals surface area contributed by atoms with Gasteiger partial charge in [0.15, 0.2) is 0 Å². The van der Waals surface area contributed by atoms with Crippen molar-refractivity contribution in [3.05, 3.63) is 34.3 Å². The van der Waals surface area contributed by atoms with Crippen LogP contribution in [0.15, 0.2) is 28.7 Å². The molecule has 3 N–H and O–H groups in total. The molecule has 90 valence electrons. The lowest BCUT2D eigenvalue weighted by atomic mass is 10.2. The van der Waals surface area contributed by atoms with Gasteiger partial charge in [-0.3, -0.25) is 0 Å². The predicted octanol–water partition coefficient (Wildman–Crippen LogP) is 1.90. The maximum Gasteiger partial charge on any atom is 0.336 e. The van der Waals surface area contributed by atoms with Gasteiger partial charge in [-0.15, -0.1) is 0 Å². The SMILES string of the molecule is CC(C)(O)CO.O=C(O)c1ccccc1Br. The normalized spacial score (nSPS) is 10.3. The van der Waals surface area contributed by atoms with E-state index in [1.54, 1.807) is 38.1 Å². The van der Waals surface area contributed by atoms with Gasteiger partial charge in [0.1, 0.15) is 0 Å². The number of aliphatic hydroxyl groups is 2. The van der Waals surface area contributed by atoms with Gasteiger partial charge in [-0.05, 0) is 41.9 Å². The first-order chi connectivity index (χ1) is 7.28. The van der Waals surface area contributed by atoms with Crippen LogP contribution in [-0.2, 0) is 0 Å². The van der Waals surface area contributed by atoms with E-state index in [0.29, 0.717) is 10.0 Å². The minimum absolute atomic E-state index is 0.174.